The molecule has 0 radical (unpaired) electrons. The second-order valence-corrected chi connectivity index (χ2v) is 2.94. The van der Waals surface area contributed by atoms with Crippen LogP contribution in [0.25, 0.3) is 0 Å². The van der Waals surface area contributed by atoms with E-state index < -0.39 is 22.2 Å². The van der Waals surface area contributed by atoms with E-state index in [4.69, 9.17) is 0 Å². The van der Waals surface area contributed by atoms with Gasteiger partial charge in [-0.05, 0) is 22.2 Å². The SMILES string of the molecule is O=S([O-])CNCS(=O)[O-].[Na+].[Na+]. The molecule has 9 heteroatoms. The summed E-state index contributed by atoms with van der Waals surface area (Å²) in [6, 6.07) is 0. The molecule has 0 bridgehead atoms. The van der Waals surface area contributed by atoms with Crippen LogP contribution in [0.2, 0.25) is 0 Å². The Morgan fingerprint density at radius 3 is 1.45 bits per heavy atom. The average molecular weight is 217 g/mol. The van der Waals surface area contributed by atoms with Crippen LogP contribution in [-0.2, 0) is 22.2 Å². The van der Waals surface area contributed by atoms with E-state index in [1.165, 1.54) is 0 Å². The van der Waals surface area contributed by atoms with Gasteiger partial charge in [-0.2, -0.15) is 0 Å². The smallest absolute Gasteiger partial charge is 0.771 e. The Hall–Kier alpha value is 2.18. The second kappa shape index (κ2) is 12.2. The van der Waals surface area contributed by atoms with Gasteiger partial charge in [0.05, 0.1) is 11.8 Å². The van der Waals surface area contributed by atoms with E-state index >= 15 is 0 Å². The molecular weight excluding hydrogens is 212 g/mol. The molecular formula is C2H5NNa2O4S2. The van der Waals surface area contributed by atoms with Crippen molar-refractivity contribution >= 4 is 22.2 Å². The van der Waals surface area contributed by atoms with Crippen LogP contribution in [0.4, 0.5) is 0 Å². The molecule has 0 fully saturated rings. The Kier molecular flexibility index (Phi) is 20.9. The van der Waals surface area contributed by atoms with Crippen LogP contribution in [0, 0.1) is 0 Å². The molecule has 0 spiro atoms. The van der Waals surface area contributed by atoms with Crippen molar-refractivity contribution in [2.75, 3.05) is 11.8 Å². The van der Waals surface area contributed by atoms with Crippen LogP contribution >= 0.6 is 0 Å². The average Bonchev–Trinajstić information content (AvgIpc) is 1.63. The normalized spacial score (nSPS) is 14.0. The maximum absolute atomic E-state index is 9.72. The zero-order valence-electron chi connectivity index (χ0n) is 6.36. The van der Waals surface area contributed by atoms with Crippen LogP contribution in [0.3, 0.4) is 0 Å². The second-order valence-electron chi connectivity index (χ2n) is 1.15. The molecule has 2 atom stereocenters. The summed E-state index contributed by atoms with van der Waals surface area (Å²) in [7, 11) is 0. The van der Waals surface area contributed by atoms with Crippen molar-refractivity contribution in [3.8, 4) is 0 Å². The van der Waals surface area contributed by atoms with E-state index in [0.717, 1.165) is 0 Å². The number of rotatable bonds is 4. The molecule has 56 valence electrons. The predicted molar refractivity (Wildman–Crippen MR) is 30.7 cm³/mol. The van der Waals surface area contributed by atoms with E-state index in [1.54, 1.807) is 0 Å². The van der Waals surface area contributed by atoms with Crippen LogP contribution in [-0.4, -0.2) is 29.3 Å². The summed E-state index contributed by atoms with van der Waals surface area (Å²) in [6.07, 6.45) is 0. The van der Waals surface area contributed by atoms with Crippen LogP contribution in [0.15, 0.2) is 0 Å². The van der Waals surface area contributed by atoms with E-state index in [-0.39, 0.29) is 70.9 Å². The van der Waals surface area contributed by atoms with Gasteiger partial charge in [0.2, 0.25) is 0 Å². The molecule has 0 saturated heterocycles. The van der Waals surface area contributed by atoms with Gasteiger partial charge in [-0.25, -0.2) is 0 Å². The molecule has 0 aromatic rings. The van der Waals surface area contributed by atoms with Gasteiger partial charge < -0.3 is 9.11 Å². The first-order valence-electron chi connectivity index (χ1n) is 1.95. The molecule has 0 heterocycles. The molecule has 0 amide bonds. The van der Waals surface area contributed by atoms with Crippen molar-refractivity contribution in [2.24, 2.45) is 0 Å². The maximum Gasteiger partial charge on any atom is 1.00 e. The number of hydrogen-bond donors (Lipinski definition) is 1. The third-order valence-corrected chi connectivity index (χ3v) is 1.32. The Balaban J connectivity index is -0.000000320. The van der Waals surface area contributed by atoms with Crippen molar-refractivity contribution in [2.45, 2.75) is 0 Å². The molecule has 0 aliphatic carbocycles. The van der Waals surface area contributed by atoms with Gasteiger partial charge in [0.1, 0.15) is 0 Å². The Morgan fingerprint density at radius 2 is 1.27 bits per heavy atom. The van der Waals surface area contributed by atoms with E-state index in [1.807, 2.05) is 0 Å². The minimum atomic E-state index is -2.22. The summed E-state index contributed by atoms with van der Waals surface area (Å²) in [5, 5.41) is 2.16. The van der Waals surface area contributed by atoms with Gasteiger partial charge >= 0.3 is 59.1 Å². The van der Waals surface area contributed by atoms with Crippen LogP contribution in [0.1, 0.15) is 0 Å². The summed E-state index contributed by atoms with van der Waals surface area (Å²) in [5.41, 5.74) is 0. The van der Waals surface area contributed by atoms with Crippen molar-refractivity contribution < 1.29 is 76.6 Å². The fourth-order valence-corrected chi connectivity index (χ4v) is 0.875. The predicted octanol–water partition coefficient (Wildman–Crippen LogP) is -7.74. The summed E-state index contributed by atoms with van der Waals surface area (Å²) >= 11 is -4.43. The van der Waals surface area contributed by atoms with Gasteiger partial charge in [-0.3, -0.25) is 13.7 Å². The molecule has 1 N–H and O–H groups in total. The number of hydrogen-bond acceptors (Lipinski definition) is 5. The third-order valence-electron chi connectivity index (χ3n) is 0.440. The topological polar surface area (TPSA) is 92.3 Å². The van der Waals surface area contributed by atoms with E-state index in [2.05, 4.69) is 5.32 Å². The van der Waals surface area contributed by atoms with Gasteiger partial charge in [0.15, 0.2) is 0 Å². The van der Waals surface area contributed by atoms with Gasteiger partial charge in [-0.1, -0.05) is 0 Å². The Labute approximate surface area is 114 Å². The summed E-state index contributed by atoms with van der Waals surface area (Å²) in [4.78, 5) is 0. The minimum absolute atomic E-state index is 0. The standard InChI is InChI=1S/C2H7NO4S2.2Na/c4-8(5)1-3-2-9(6)7;;/h3H,1-2H2,(H,4,5)(H,6,7);;/q;2*+1/p-2. The van der Waals surface area contributed by atoms with E-state index in [0.29, 0.717) is 0 Å². The van der Waals surface area contributed by atoms with Gasteiger partial charge in [0, 0.05) is 0 Å². The van der Waals surface area contributed by atoms with Crippen molar-refractivity contribution in [1.29, 1.82) is 0 Å². The molecule has 0 aliphatic heterocycles. The first-order chi connectivity index (χ1) is 4.13. The zero-order valence-corrected chi connectivity index (χ0v) is 12.0. The summed E-state index contributed by atoms with van der Waals surface area (Å²) in [5.74, 6) is -0.651. The Bertz CT molecular complexity index is 119. The van der Waals surface area contributed by atoms with Crippen molar-refractivity contribution in [3.63, 3.8) is 0 Å². The molecule has 0 aliphatic rings. The first-order valence-corrected chi connectivity index (χ1v) is 4.44. The molecule has 0 saturated carbocycles. The molecule has 2 unspecified atom stereocenters. The Morgan fingerprint density at radius 1 is 1.00 bits per heavy atom. The van der Waals surface area contributed by atoms with Crippen molar-refractivity contribution in [1.82, 2.24) is 5.32 Å². The van der Waals surface area contributed by atoms with Crippen molar-refractivity contribution in [3.05, 3.63) is 0 Å². The quantitative estimate of drug-likeness (QED) is 0.373. The largest absolute Gasteiger partial charge is 1.00 e. The van der Waals surface area contributed by atoms with Gasteiger partial charge in [-0.15, -0.1) is 0 Å². The first kappa shape index (κ1) is 18.9. The molecule has 0 aromatic heterocycles. The zero-order chi connectivity index (χ0) is 7.28. The van der Waals surface area contributed by atoms with Crippen LogP contribution in [0.5, 0.6) is 0 Å². The summed E-state index contributed by atoms with van der Waals surface area (Å²) < 4.78 is 38.9. The molecule has 0 aromatic carbocycles. The third kappa shape index (κ3) is 18.9. The molecule has 11 heavy (non-hydrogen) atoms. The molecule has 0 rings (SSSR count). The fraction of sp³-hybridized carbons (Fsp3) is 1.00. The maximum atomic E-state index is 9.72. The van der Waals surface area contributed by atoms with Gasteiger partial charge in [0.25, 0.3) is 0 Å². The molecule has 5 nitrogen and oxygen atoms in total. The van der Waals surface area contributed by atoms with Crippen LogP contribution < -0.4 is 64.4 Å². The minimum Gasteiger partial charge on any atom is -0.771 e. The number of nitrogens with one attached hydrogen (secondary N) is 1. The monoisotopic (exact) mass is 217 g/mol. The fourth-order valence-electron chi connectivity index (χ4n) is 0.208. The van der Waals surface area contributed by atoms with E-state index in [9.17, 15) is 17.5 Å². The summed E-state index contributed by atoms with van der Waals surface area (Å²) in [6.45, 7) is 0.